The molecular formula is C17H13ClN8O5S. The Hall–Kier alpha value is -3.91. The van der Waals surface area contributed by atoms with Gasteiger partial charge >= 0.3 is 5.95 Å². The second-order valence-electron chi connectivity index (χ2n) is 6.19. The Kier molecular flexibility index (Phi) is 7.07. The van der Waals surface area contributed by atoms with E-state index < -0.39 is 21.7 Å². The minimum atomic E-state index is -0.792. The number of tetrazole rings is 1. The van der Waals surface area contributed by atoms with Crippen molar-refractivity contribution < 1.29 is 14.6 Å². The van der Waals surface area contributed by atoms with Crippen LogP contribution in [0.25, 0.3) is 0 Å². The first-order valence-corrected chi connectivity index (χ1v) is 9.89. The lowest BCUT2D eigenvalue weighted by molar-refractivity contribution is -0.394. The fraction of sp³-hybridized carbons (Fsp3) is 0.118. The minimum Gasteiger partial charge on any atom is -0.390 e. The standard InChI is InChI=1S/C17H13ClN8O5S/c1-10(9-24-22-17(21-23-24)26(30)31)19-20-16(27)11-6-13(25(28)29)8-15(7-11)32-14-4-2-12(18)3-5-14/h2-8H,9H2,1H3,(H,20,27). The number of nitrogens with zero attached hydrogens (tertiary/aromatic N) is 7. The zero-order chi connectivity index (χ0) is 23.3. The number of benzene rings is 2. The van der Waals surface area contributed by atoms with Gasteiger partial charge in [-0.25, -0.2) is 5.43 Å². The quantitative estimate of drug-likeness (QED) is 0.291. The summed E-state index contributed by atoms with van der Waals surface area (Å²) in [5, 5.41) is 36.6. The summed E-state index contributed by atoms with van der Waals surface area (Å²) in [6.07, 6.45) is 0. The summed E-state index contributed by atoms with van der Waals surface area (Å²) in [4.78, 5) is 35.2. The average molecular weight is 477 g/mol. The normalized spacial score (nSPS) is 11.2. The molecule has 15 heteroatoms. The molecule has 0 atom stereocenters. The van der Waals surface area contributed by atoms with E-state index in [4.69, 9.17) is 11.6 Å². The molecule has 1 N–H and O–H groups in total. The van der Waals surface area contributed by atoms with Crippen LogP contribution in [0.5, 0.6) is 0 Å². The molecule has 0 saturated heterocycles. The fourth-order valence-corrected chi connectivity index (χ4v) is 3.38. The van der Waals surface area contributed by atoms with Crippen LogP contribution >= 0.6 is 23.4 Å². The summed E-state index contributed by atoms with van der Waals surface area (Å²) in [5.74, 6) is -1.34. The summed E-state index contributed by atoms with van der Waals surface area (Å²) in [6, 6.07) is 10.9. The number of hydrogen-bond donors (Lipinski definition) is 1. The summed E-state index contributed by atoms with van der Waals surface area (Å²) >= 11 is 7.10. The Morgan fingerprint density at radius 3 is 2.50 bits per heavy atom. The second-order valence-corrected chi connectivity index (χ2v) is 7.78. The Bertz CT molecular complexity index is 1210. The summed E-state index contributed by atoms with van der Waals surface area (Å²) in [6.45, 7) is 1.47. The van der Waals surface area contributed by atoms with Gasteiger partial charge in [-0.05, 0) is 42.2 Å². The largest absolute Gasteiger partial charge is 0.514 e. The zero-order valence-corrected chi connectivity index (χ0v) is 17.8. The lowest BCUT2D eigenvalue weighted by Crippen LogP contribution is -2.21. The molecule has 0 fully saturated rings. The summed E-state index contributed by atoms with van der Waals surface area (Å²) in [7, 11) is 0. The number of hydrogen-bond acceptors (Lipinski definition) is 10. The topological polar surface area (TPSA) is 171 Å². The van der Waals surface area contributed by atoms with Crippen molar-refractivity contribution in [3.63, 3.8) is 0 Å². The zero-order valence-electron chi connectivity index (χ0n) is 16.2. The van der Waals surface area contributed by atoms with Crippen LogP contribution in [0, 0.1) is 20.2 Å². The Morgan fingerprint density at radius 1 is 1.16 bits per heavy atom. The van der Waals surface area contributed by atoms with E-state index in [2.05, 4.69) is 25.9 Å². The first-order chi connectivity index (χ1) is 15.2. The van der Waals surface area contributed by atoms with Crippen molar-refractivity contribution in [1.29, 1.82) is 0 Å². The maximum atomic E-state index is 12.5. The van der Waals surface area contributed by atoms with Gasteiger partial charge in [-0.1, -0.05) is 28.2 Å². The third-order valence-corrected chi connectivity index (χ3v) is 4.97. The highest BCUT2D eigenvalue weighted by atomic mass is 35.5. The molecule has 164 valence electrons. The molecule has 0 aliphatic rings. The van der Waals surface area contributed by atoms with Crippen molar-refractivity contribution >= 4 is 46.6 Å². The van der Waals surface area contributed by atoms with E-state index >= 15 is 0 Å². The first kappa shape index (κ1) is 22.8. The van der Waals surface area contributed by atoms with Gasteiger partial charge < -0.3 is 10.1 Å². The number of carbonyl (C=O) groups excluding carboxylic acids is 1. The number of nitro benzene ring substituents is 1. The number of non-ortho nitro benzene ring substituents is 1. The molecule has 13 nitrogen and oxygen atoms in total. The van der Waals surface area contributed by atoms with Gasteiger partial charge in [-0.2, -0.15) is 5.10 Å². The molecule has 0 aliphatic heterocycles. The highest BCUT2D eigenvalue weighted by molar-refractivity contribution is 7.99. The van der Waals surface area contributed by atoms with Crippen LogP contribution in [0.15, 0.2) is 57.4 Å². The van der Waals surface area contributed by atoms with Gasteiger partial charge in [0, 0.05) is 37.7 Å². The van der Waals surface area contributed by atoms with Gasteiger partial charge in [0.25, 0.3) is 11.6 Å². The monoisotopic (exact) mass is 476 g/mol. The predicted octanol–water partition coefficient (Wildman–Crippen LogP) is 3.10. The number of amides is 1. The number of hydrazone groups is 1. The van der Waals surface area contributed by atoms with E-state index in [9.17, 15) is 25.0 Å². The molecule has 1 amide bonds. The van der Waals surface area contributed by atoms with E-state index in [-0.39, 0.29) is 17.8 Å². The van der Waals surface area contributed by atoms with E-state index in [1.807, 2.05) is 0 Å². The van der Waals surface area contributed by atoms with Crippen LogP contribution in [-0.2, 0) is 6.54 Å². The number of nitrogens with one attached hydrogen (secondary N) is 1. The number of nitro groups is 2. The van der Waals surface area contributed by atoms with Gasteiger partial charge in [0.15, 0.2) is 0 Å². The molecule has 1 heterocycles. The van der Waals surface area contributed by atoms with E-state index in [0.717, 1.165) is 15.8 Å². The van der Waals surface area contributed by atoms with E-state index in [0.29, 0.717) is 15.6 Å². The average Bonchev–Trinajstić information content (AvgIpc) is 3.22. The van der Waals surface area contributed by atoms with Crippen molar-refractivity contribution in [2.45, 2.75) is 23.3 Å². The molecule has 0 saturated carbocycles. The number of carbonyl (C=O) groups is 1. The lowest BCUT2D eigenvalue weighted by Gasteiger charge is -2.06. The number of halogens is 1. The SMILES string of the molecule is CC(Cn1nnc([N+](=O)[O-])n1)=NNC(=O)c1cc(Sc2ccc(Cl)cc2)cc([N+](=O)[O-])c1. The van der Waals surface area contributed by atoms with Crippen LogP contribution in [0.2, 0.25) is 5.02 Å². The molecule has 0 unspecified atom stereocenters. The fourth-order valence-electron chi connectivity index (χ4n) is 2.34. The first-order valence-electron chi connectivity index (χ1n) is 8.70. The maximum absolute atomic E-state index is 12.5. The van der Waals surface area contributed by atoms with Gasteiger partial charge in [0.1, 0.15) is 6.54 Å². The van der Waals surface area contributed by atoms with Crippen LogP contribution in [0.1, 0.15) is 17.3 Å². The molecule has 1 aromatic heterocycles. The third-order valence-electron chi connectivity index (χ3n) is 3.74. The number of rotatable bonds is 8. The van der Waals surface area contributed by atoms with Crippen LogP contribution in [0.3, 0.4) is 0 Å². The molecule has 0 bridgehead atoms. The molecule has 3 rings (SSSR count). The van der Waals surface area contributed by atoms with E-state index in [1.165, 1.54) is 30.8 Å². The molecule has 32 heavy (non-hydrogen) atoms. The van der Waals surface area contributed by atoms with Crippen molar-refractivity contribution in [3.05, 3.63) is 73.3 Å². The summed E-state index contributed by atoms with van der Waals surface area (Å²) in [5.41, 5.74) is 2.38. The Morgan fingerprint density at radius 2 is 1.88 bits per heavy atom. The van der Waals surface area contributed by atoms with Crippen molar-refractivity contribution in [3.8, 4) is 0 Å². The van der Waals surface area contributed by atoms with Gasteiger partial charge in [-0.3, -0.25) is 14.9 Å². The molecular weight excluding hydrogens is 464 g/mol. The van der Waals surface area contributed by atoms with Crippen molar-refractivity contribution in [2.75, 3.05) is 0 Å². The predicted molar refractivity (Wildman–Crippen MR) is 114 cm³/mol. The molecule has 2 aromatic carbocycles. The molecule has 0 aliphatic carbocycles. The highest BCUT2D eigenvalue weighted by Crippen LogP contribution is 2.32. The summed E-state index contributed by atoms with van der Waals surface area (Å²) < 4.78 is 0. The smallest absolute Gasteiger partial charge is 0.390 e. The highest BCUT2D eigenvalue weighted by Gasteiger charge is 2.17. The molecule has 0 spiro atoms. The third kappa shape index (κ3) is 6.05. The second kappa shape index (κ2) is 9.93. The van der Waals surface area contributed by atoms with Crippen LogP contribution in [0.4, 0.5) is 11.6 Å². The van der Waals surface area contributed by atoms with Crippen LogP contribution in [-0.4, -0.2) is 41.7 Å². The Balaban J connectivity index is 1.74. The van der Waals surface area contributed by atoms with Crippen molar-refractivity contribution in [1.82, 2.24) is 25.6 Å². The van der Waals surface area contributed by atoms with Crippen molar-refractivity contribution in [2.24, 2.45) is 5.10 Å². The lowest BCUT2D eigenvalue weighted by atomic mass is 10.2. The number of aromatic nitrogens is 4. The van der Waals surface area contributed by atoms with Gasteiger partial charge in [-0.15, -0.1) is 0 Å². The maximum Gasteiger partial charge on any atom is 0.514 e. The molecule has 3 aromatic rings. The van der Waals surface area contributed by atoms with Gasteiger partial charge in [0.05, 0.1) is 20.8 Å². The molecule has 0 radical (unpaired) electrons. The van der Waals surface area contributed by atoms with Gasteiger partial charge in [0.2, 0.25) is 0 Å². The minimum absolute atomic E-state index is 0.0294. The van der Waals surface area contributed by atoms with Crippen LogP contribution < -0.4 is 5.43 Å². The van der Waals surface area contributed by atoms with E-state index in [1.54, 1.807) is 24.3 Å². The Labute approximate surface area is 188 Å².